The van der Waals surface area contributed by atoms with Crippen molar-refractivity contribution in [3.63, 3.8) is 0 Å². The highest BCUT2D eigenvalue weighted by molar-refractivity contribution is 5.95. The van der Waals surface area contributed by atoms with Crippen LogP contribution in [0.5, 0.6) is 5.75 Å². The molecule has 0 saturated heterocycles. The second-order valence-corrected chi connectivity index (χ2v) is 4.63. The van der Waals surface area contributed by atoms with Gasteiger partial charge in [-0.05, 0) is 31.2 Å². The van der Waals surface area contributed by atoms with Gasteiger partial charge in [-0.25, -0.2) is 0 Å². The van der Waals surface area contributed by atoms with Crippen LogP contribution in [-0.2, 0) is 11.2 Å². The van der Waals surface area contributed by atoms with Crippen LogP contribution in [0, 0.1) is 11.3 Å². The number of carbonyl (C=O) groups is 1. The van der Waals surface area contributed by atoms with E-state index in [9.17, 15) is 4.79 Å². The van der Waals surface area contributed by atoms with Gasteiger partial charge in [-0.3, -0.25) is 4.79 Å². The minimum atomic E-state index is -0.115. The van der Waals surface area contributed by atoms with E-state index in [2.05, 4.69) is 16.3 Å². The van der Waals surface area contributed by atoms with E-state index in [4.69, 9.17) is 10.00 Å². The first kappa shape index (κ1) is 13.4. The third-order valence-electron chi connectivity index (χ3n) is 3.06. The molecule has 0 aliphatic carbocycles. The van der Waals surface area contributed by atoms with Crippen LogP contribution in [-0.4, -0.2) is 37.6 Å². The molecule has 0 fully saturated rings. The molecule has 0 spiro atoms. The lowest BCUT2D eigenvalue weighted by molar-refractivity contribution is -0.118. The van der Waals surface area contributed by atoms with Crippen LogP contribution >= 0.6 is 0 Å². The number of hydrogen-bond acceptors (Lipinski definition) is 4. The predicted octanol–water partition coefficient (Wildman–Crippen LogP) is 1.41. The molecule has 2 rings (SSSR count). The Morgan fingerprint density at radius 3 is 3.11 bits per heavy atom. The Kier molecular flexibility index (Phi) is 4.37. The van der Waals surface area contributed by atoms with Gasteiger partial charge >= 0.3 is 0 Å². The third-order valence-corrected chi connectivity index (χ3v) is 3.06. The van der Waals surface area contributed by atoms with E-state index in [-0.39, 0.29) is 12.5 Å². The fraction of sp³-hybridized carbons (Fsp3) is 0.429. The van der Waals surface area contributed by atoms with Crippen LogP contribution in [0.25, 0.3) is 0 Å². The molecule has 1 aliphatic rings. The molecular formula is C14H17N3O2. The van der Waals surface area contributed by atoms with Gasteiger partial charge < -0.3 is 15.0 Å². The van der Waals surface area contributed by atoms with E-state index in [0.29, 0.717) is 6.42 Å². The second-order valence-electron chi connectivity index (χ2n) is 4.63. The van der Waals surface area contributed by atoms with Gasteiger partial charge in [0.05, 0.1) is 11.8 Å². The Labute approximate surface area is 112 Å². The van der Waals surface area contributed by atoms with Gasteiger partial charge in [0, 0.05) is 19.5 Å². The first-order valence-corrected chi connectivity index (χ1v) is 6.30. The summed E-state index contributed by atoms with van der Waals surface area (Å²) in [7, 11) is 2.00. The molecule has 100 valence electrons. The molecule has 5 heteroatoms. The van der Waals surface area contributed by atoms with E-state index < -0.39 is 0 Å². The zero-order valence-electron chi connectivity index (χ0n) is 11.0. The number of likely N-dealkylation sites (N-methyl/N-ethyl adjacent to an activating group) is 1. The van der Waals surface area contributed by atoms with Crippen LogP contribution in [0.4, 0.5) is 5.69 Å². The van der Waals surface area contributed by atoms with Crippen molar-refractivity contribution in [3.05, 3.63) is 23.8 Å². The third kappa shape index (κ3) is 3.70. The largest absolute Gasteiger partial charge is 0.482 e. The first-order chi connectivity index (χ1) is 9.19. The molecule has 1 amide bonds. The number of carbonyl (C=O) groups excluding carboxylic acids is 1. The van der Waals surface area contributed by atoms with Crippen molar-refractivity contribution in [2.24, 2.45) is 0 Å². The summed E-state index contributed by atoms with van der Waals surface area (Å²) in [4.78, 5) is 13.4. The Hall–Kier alpha value is -2.06. The molecule has 1 aromatic rings. The molecule has 19 heavy (non-hydrogen) atoms. The van der Waals surface area contributed by atoms with Crippen LogP contribution < -0.4 is 10.1 Å². The summed E-state index contributed by atoms with van der Waals surface area (Å²) in [6.45, 7) is 1.75. The molecule has 0 atom stereocenters. The van der Waals surface area contributed by atoms with Gasteiger partial charge in [0.2, 0.25) is 0 Å². The molecule has 1 heterocycles. The summed E-state index contributed by atoms with van der Waals surface area (Å²) in [6.07, 6.45) is 1.43. The molecule has 1 aliphatic heterocycles. The molecule has 0 aromatic heterocycles. The van der Waals surface area contributed by atoms with Crippen molar-refractivity contribution in [1.82, 2.24) is 4.90 Å². The number of nitrogens with zero attached hydrogens (tertiary/aromatic N) is 2. The Morgan fingerprint density at radius 1 is 1.47 bits per heavy atom. The van der Waals surface area contributed by atoms with Gasteiger partial charge in [-0.15, -0.1) is 0 Å². The van der Waals surface area contributed by atoms with Crippen molar-refractivity contribution >= 4 is 11.6 Å². The number of nitrogens with one attached hydrogen (secondary N) is 1. The maximum absolute atomic E-state index is 11.2. The number of amides is 1. The highest BCUT2D eigenvalue weighted by Gasteiger charge is 2.15. The average Bonchev–Trinajstić information content (AvgIpc) is 2.42. The van der Waals surface area contributed by atoms with Crippen molar-refractivity contribution in [1.29, 1.82) is 5.26 Å². The van der Waals surface area contributed by atoms with E-state index in [1.807, 2.05) is 25.2 Å². The van der Waals surface area contributed by atoms with Crippen LogP contribution in [0.15, 0.2) is 18.2 Å². The topological polar surface area (TPSA) is 65.4 Å². The number of hydrogen-bond donors (Lipinski definition) is 1. The van der Waals surface area contributed by atoms with Crippen LogP contribution in [0.1, 0.15) is 12.0 Å². The van der Waals surface area contributed by atoms with Crippen molar-refractivity contribution < 1.29 is 9.53 Å². The summed E-state index contributed by atoms with van der Waals surface area (Å²) >= 11 is 0. The highest BCUT2D eigenvalue weighted by Crippen LogP contribution is 2.28. The van der Waals surface area contributed by atoms with Crippen molar-refractivity contribution in [3.8, 4) is 11.8 Å². The van der Waals surface area contributed by atoms with E-state index in [1.165, 1.54) is 0 Å². The normalized spacial score (nSPS) is 13.4. The predicted molar refractivity (Wildman–Crippen MR) is 72.0 cm³/mol. The maximum atomic E-state index is 11.2. The van der Waals surface area contributed by atoms with Gasteiger partial charge in [0.1, 0.15) is 5.75 Å². The molecule has 0 radical (unpaired) electrons. The molecular weight excluding hydrogens is 242 g/mol. The molecule has 0 saturated carbocycles. The summed E-state index contributed by atoms with van der Waals surface area (Å²) in [5.41, 5.74) is 1.89. The standard InChI is InChI=1S/C14H17N3O2/c1-17(7-2-6-15)8-5-11-3-4-13-12(9-11)16-14(18)10-19-13/h3-4,9H,2,5,7-8,10H2,1H3,(H,16,18). The number of ether oxygens (including phenoxy) is 1. The van der Waals surface area contributed by atoms with Crippen molar-refractivity contribution in [2.45, 2.75) is 12.8 Å². The van der Waals surface area contributed by atoms with Gasteiger partial charge in [-0.1, -0.05) is 6.07 Å². The minimum Gasteiger partial charge on any atom is -0.482 e. The lowest BCUT2D eigenvalue weighted by atomic mass is 10.1. The first-order valence-electron chi connectivity index (χ1n) is 6.30. The van der Waals surface area contributed by atoms with E-state index in [0.717, 1.165) is 36.5 Å². The summed E-state index contributed by atoms with van der Waals surface area (Å²) in [6, 6.07) is 7.98. The number of benzene rings is 1. The number of nitriles is 1. The Morgan fingerprint density at radius 2 is 2.32 bits per heavy atom. The zero-order valence-corrected chi connectivity index (χ0v) is 11.0. The van der Waals surface area contributed by atoms with Gasteiger partial charge in [-0.2, -0.15) is 5.26 Å². The highest BCUT2D eigenvalue weighted by atomic mass is 16.5. The number of rotatable bonds is 5. The smallest absolute Gasteiger partial charge is 0.262 e. The number of anilines is 1. The molecule has 0 unspecified atom stereocenters. The quantitative estimate of drug-likeness (QED) is 0.868. The minimum absolute atomic E-state index is 0.0866. The second kappa shape index (κ2) is 6.21. The van der Waals surface area contributed by atoms with E-state index in [1.54, 1.807) is 0 Å². The fourth-order valence-corrected chi connectivity index (χ4v) is 1.96. The fourth-order valence-electron chi connectivity index (χ4n) is 1.96. The lowest BCUT2D eigenvalue weighted by Crippen LogP contribution is -2.25. The molecule has 0 bridgehead atoms. The molecule has 5 nitrogen and oxygen atoms in total. The Bertz CT molecular complexity index is 508. The van der Waals surface area contributed by atoms with Gasteiger partial charge in [0.15, 0.2) is 6.61 Å². The monoisotopic (exact) mass is 259 g/mol. The maximum Gasteiger partial charge on any atom is 0.262 e. The summed E-state index contributed by atoms with van der Waals surface area (Å²) in [5.74, 6) is 0.608. The van der Waals surface area contributed by atoms with Crippen LogP contribution in [0.2, 0.25) is 0 Å². The van der Waals surface area contributed by atoms with Gasteiger partial charge in [0.25, 0.3) is 5.91 Å². The Balaban J connectivity index is 1.93. The SMILES string of the molecule is CN(CCC#N)CCc1ccc2c(c1)NC(=O)CO2. The molecule has 1 aromatic carbocycles. The molecule has 1 N–H and O–H groups in total. The zero-order chi connectivity index (χ0) is 13.7. The number of fused-ring (bicyclic) bond motifs is 1. The van der Waals surface area contributed by atoms with E-state index >= 15 is 0 Å². The van der Waals surface area contributed by atoms with Crippen molar-refractivity contribution in [2.75, 3.05) is 32.1 Å². The summed E-state index contributed by atoms with van der Waals surface area (Å²) in [5, 5.41) is 11.3. The lowest BCUT2D eigenvalue weighted by Gasteiger charge is -2.19. The average molecular weight is 259 g/mol. The van der Waals surface area contributed by atoms with Crippen LogP contribution in [0.3, 0.4) is 0 Å². The summed E-state index contributed by atoms with van der Waals surface area (Å²) < 4.78 is 5.31.